The molecular formula is C28H34F3N5O. The Balaban J connectivity index is 1.43. The first kappa shape index (κ1) is 27.0. The van der Waals surface area contributed by atoms with E-state index in [1.165, 1.54) is 25.0 Å². The van der Waals surface area contributed by atoms with E-state index in [-0.39, 0.29) is 18.5 Å². The molecule has 1 saturated heterocycles. The Morgan fingerprint density at radius 3 is 2.14 bits per heavy atom. The molecule has 1 aliphatic carbocycles. The number of halogens is 3. The second-order valence-corrected chi connectivity index (χ2v) is 9.78. The van der Waals surface area contributed by atoms with E-state index in [4.69, 9.17) is 5.26 Å². The molecule has 4 rings (SSSR count). The smallest absolute Gasteiger partial charge is 0.369 e. The van der Waals surface area contributed by atoms with Crippen LogP contribution in [-0.2, 0) is 4.79 Å². The van der Waals surface area contributed by atoms with Gasteiger partial charge in [-0.1, -0.05) is 49.7 Å². The molecule has 0 radical (unpaired) electrons. The molecule has 2 aromatic carbocycles. The number of alkyl halides is 3. The molecule has 2 aliphatic rings. The maximum atomic E-state index is 14.0. The van der Waals surface area contributed by atoms with Gasteiger partial charge in [0.1, 0.15) is 12.6 Å². The summed E-state index contributed by atoms with van der Waals surface area (Å²) in [4.78, 5) is 17.3. The summed E-state index contributed by atoms with van der Waals surface area (Å²) in [7, 11) is 0. The molecule has 1 amide bonds. The van der Waals surface area contributed by atoms with Crippen molar-refractivity contribution in [3.05, 3.63) is 54.1 Å². The number of amides is 1. The van der Waals surface area contributed by atoms with Crippen LogP contribution >= 0.6 is 0 Å². The molecule has 37 heavy (non-hydrogen) atoms. The van der Waals surface area contributed by atoms with Gasteiger partial charge in [-0.3, -0.25) is 15.0 Å². The normalized spacial score (nSPS) is 18.2. The Kier molecular flexibility index (Phi) is 8.72. The van der Waals surface area contributed by atoms with Crippen LogP contribution in [-0.4, -0.2) is 61.8 Å². The van der Waals surface area contributed by atoms with E-state index in [0.29, 0.717) is 6.42 Å². The lowest BCUT2D eigenvalue weighted by atomic mass is 9.99. The lowest BCUT2D eigenvalue weighted by Crippen LogP contribution is -2.49. The highest BCUT2D eigenvalue weighted by molar-refractivity contribution is 5.82. The molecule has 0 aromatic heterocycles. The largest absolute Gasteiger partial charge is 0.407 e. The van der Waals surface area contributed by atoms with Crippen LogP contribution in [0.3, 0.4) is 0 Å². The first-order valence-electron chi connectivity index (χ1n) is 13.0. The second-order valence-electron chi connectivity index (χ2n) is 9.78. The number of carbonyl (C=O) groups is 1. The molecule has 0 bridgehead atoms. The standard InChI is InChI=1S/C28H34F3N5O/c1-2-3-25(27(37)33-15-14-32)34-26(28(29,30)31)22-6-4-20(5-7-22)21-8-10-23(11-9-21)35-16-18-36(19-17-35)24-12-13-24/h4-11,24-26,34H,2-3,12-13,15-19H2,1H3,(H,33,37)/t25-,26-/m0/s1. The lowest BCUT2D eigenvalue weighted by molar-refractivity contribution is -0.161. The van der Waals surface area contributed by atoms with Gasteiger partial charge < -0.3 is 10.2 Å². The van der Waals surface area contributed by atoms with Crippen LogP contribution in [0.15, 0.2) is 48.5 Å². The van der Waals surface area contributed by atoms with Gasteiger partial charge in [-0.25, -0.2) is 0 Å². The predicted molar refractivity (Wildman–Crippen MR) is 138 cm³/mol. The number of nitriles is 1. The quantitative estimate of drug-likeness (QED) is 0.453. The van der Waals surface area contributed by atoms with Crippen LogP contribution in [0, 0.1) is 11.3 Å². The van der Waals surface area contributed by atoms with Crippen LogP contribution in [0.1, 0.15) is 44.2 Å². The molecule has 2 atom stereocenters. The van der Waals surface area contributed by atoms with Crippen LogP contribution in [0.2, 0.25) is 0 Å². The zero-order valence-electron chi connectivity index (χ0n) is 21.1. The highest BCUT2D eigenvalue weighted by Gasteiger charge is 2.42. The van der Waals surface area contributed by atoms with Crippen molar-refractivity contribution >= 4 is 11.6 Å². The fourth-order valence-corrected chi connectivity index (χ4v) is 4.93. The average Bonchev–Trinajstić information content (AvgIpc) is 3.75. The summed E-state index contributed by atoms with van der Waals surface area (Å²) in [5.41, 5.74) is 2.96. The number of benzene rings is 2. The maximum absolute atomic E-state index is 14.0. The molecular weight excluding hydrogens is 479 g/mol. The SMILES string of the molecule is CCC[C@H](N[C@@H](c1ccc(-c2ccc(N3CCN(C4CC4)CC3)cc2)cc1)C(F)(F)F)C(=O)NCC#N. The third-order valence-corrected chi connectivity index (χ3v) is 7.12. The average molecular weight is 514 g/mol. The molecule has 2 fully saturated rings. The molecule has 1 saturated carbocycles. The Morgan fingerprint density at radius 2 is 1.62 bits per heavy atom. The summed E-state index contributed by atoms with van der Waals surface area (Å²) in [5, 5.41) is 13.5. The van der Waals surface area contributed by atoms with E-state index in [1.54, 1.807) is 25.1 Å². The monoisotopic (exact) mass is 513 g/mol. The van der Waals surface area contributed by atoms with E-state index in [1.807, 2.05) is 12.1 Å². The Bertz CT molecular complexity index is 1070. The zero-order chi connectivity index (χ0) is 26.4. The topological polar surface area (TPSA) is 71.4 Å². The molecule has 1 aliphatic heterocycles. The van der Waals surface area contributed by atoms with Gasteiger partial charge in [0, 0.05) is 37.9 Å². The van der Waals surface area contributed by atoms with E-state index >= 15 is 0 Å². The Morgan fingerprint density at radius 1 is 1.03 bits per heavy atom. The fourth-order valence-electron chi connectivity index (χ4n) is 4.93. The van der Waals surface area contributed by atoms with Crippen LogP contribution < -0.4 is 15.5 Å². The van der Waals surface area contributed by atoms with Gasteiger partial charge in [0.2, 0.25) is 5.91 Å². The third kappa shape index (κ3) is 7.02. The molecule has 2 N–H and O–H groups in total. The van der Waals surface area contributed by atoms with E-state index < -0.39 is 24.2 Å². The highest BCUT2D eigenvalue weighted by atomic mass is 19.4. The third-order valence-electron chi connectivity index (χ3n) is 7.12. The Labute approximate surface area is 216 Å². The van der Waals surface area contributed by atoms with Crippen molar-refractivity contribution in [3.63, 3.8) is 0 Å². The minimum atomic E-state index is -4.59. The molecule has 1 heterocycles. The zero-order valence-corrected chi connectivity index (χ0v) is 21.1. The summed E-state index contributed by atoms with van der Waals surface area (Å²) in [5.74, 6) is -0.608. The van der Waals surface area contributed by atoms with Gasteiger partial charge in [-0.05, 0) is 48.1 Å². The fraction of sp³-hybridized carbons (Fsp3) is 0.500. The van der Waals surface area contributed by atoms with Crippen molar-refractivity contribution < 1.29 is 18.0 Å². The molecule has 0 unspecified atom stereocenters. The highest BCUT2D eigenvalue weighted by Crippen LogP contribution is 2.35. The Hall–Kier alpha value is -3.09. The first-order valence-corrected chi connectivity index (χ1v) is 13.0. The van der Waals surface area contributed by atoms with Gasteiger partial charge >= 0.3 is 6.18 Å². The number of piperazine rings is 1. The van der Waals surface area contributed by atoms with Gasteiger partial charge in [-0.2, -0.15) is 18.4 Å². The van der Waals surface area contributed by atoms with Gasteiger partial charge in [-0.15, -0.1) is 0 Å². The summed E-state index contributed by atoms with van der Waals surface area (Å²) in [6, 6.07) is 14.0. The van der Waals surface area contributed by atoms with Gasteiger partial charge in [0.25, 0.3) is 0 Å². The minimum Gasteiger partial charge on any atom is -0.369 e. The molecule has 2 aromatic rings. The van der Waals surface area contributed by atoms with Crippen molar-refractivity contribution in [1.29, 1.82) is 5.26 Å². The van der Waals surface area contributed by atoms with Crippen molar-refractivity contribution in [1.82, 2.24) is 15.5 Å². The van der Waals surface area contributed by atoms with Crippen molar-refractivity contribution in [3.8, 4) is 17.2 Å². The number of hydrogen-bond donors (Lipinski definition) is 2. The number of nitrogens with zero attached hydrogens (tertiary/aromatic N) is 3. The number of rotatable bonds is 10. The summed E-state index contributed by atoms with van der Waals surface area (Å²) in [6.07, 6.45) is -1.19. The maximum Gasteiger partial charge on any atom is 0.407 e. The van der Waals surface area contributed by atoms with Crippen LogP contribution in [0.4, 0.5) is 18.9 Å². The van der Waals surface area contributed by atoms with Crippen molar-refractivity contribution in [2.45, 2.75) is 56.9 Å². The number of anilines is 1. The molecule has 9 heteroatoms. The lowest BCUT2D eigenvalue weighted by Gasteiger charge is -2.36. The number of nitrogens with one attached hydrogen (secondary N) is 2. The van der Waals surface area contributed by atoms with E-state index in [0.717, 1.165) is 49.0 Å². The number of carbonyl (C=O) groups excluding carboxylic acids is 1. The minimum absolute atomic E-state index is 0.0376. The molecule has 6 nitrogen and oxygen atoms in total. The summed E-state index contributed by atoms with van der Waals surface area (Å²) >= 11 is 0. The van der Waals surface area contributed by atoms with Crippen LogP contribution in [0.25, 0.3) is 11.1 Å². The van der Waals surface area contributed by atoms with Crippen molar-refractivity contribution in [2.24, 2.45) is 0 Å². The van der Waals surface area contributed by atoms with Crippen molar-refractivity contribution in [2.75, 3.05) is 37.6 Å². The van der Waals surface area contributed by atoms with Crippen LogP contribution in [0.5, 0.6) is 0 Å². The first-order chi connectivity index (χ1) is 17.8. The van der Waals surface area contributed by atoms with Gasteiger partial charge in [0.05, 0.1) is 12.1 Å². The van der Waals surface area contributed by atoms with E-state index in [9.17, 15) is 18.0 Å². The predicted octanol–water partition coefficient (Wildman–Crippen LogP) is 4.64. The summed E-state index contributed by atoms with van der Waals surface area (Å²) < 4.78 is 42.0. The molecule has 198 valence electrons. The van der Waals surface area contributed by atoms with Gasteiger partial charge in [0.15, 0.2) is 0 Å². The molecule has 0 spiro atoms. The van der Waals surface area contributed by atoms with E-state index in [2.05, 4.69) is 32.6 Å². The summed E-state index contributed by atoms with van der Waals surface area (Å²) in [6.45, 7) is 5.72. The number of hydrogen-bond acceptors (Lipinski definition) is 5. The second kappa shape index (κ2) is 12.0.